The molecule has 4 nitrogen and oxygen atoms in total. The van der Waals surface area contributed by atoms with Crippen LogP contribution in [0, 0.1) is 0 Å². The van der Waals surface area contributed by atoms with Gasteiger partial charge in [-0.15, -0.1) is 0 Å². The van der Waals surface area contributed by atoms with Crippen LogP contribution in [0.1, 0.15) is 10.4 Å². The lowest BCUT2D eigenvalue weighted by molar-refractivity contribution is -0.120. The molecule has 110 valence electrons. The summed E-state index contributed by atoms with van der Waals surface area (Å²) in [5.41, 5.74) is 0.212. The van der Waals surface area contributed by atoms with E-state index in [1.165, 1.54) is 0 Å². The molecule has 3 aromatic rings. The standard InChI is InChI=1S/C16H8Br2O4/c17-8-3-12-10(14(5-8)16(20)21)1-2-11-13(12)4-9(18)6-15(11)22-7-19/h1-7H,(H,20,21). The Bertz CT molecular complexity index is 934. The van der Waals surface area contributed by atoms with Crippen LogP contribution in [0.15, 0.2) is 45.3 Å². The minimum atomic E-state index is -0.995. The van der Waals surface area contributed by atoms with E-state index in [9.17, 15) is 14.7 Å². The first-order valence-electron chi connectivity index (χ1n) is 6.20. The average molecular weight is 424 g/mol. The van der Waals surface area contributed by atoms with Crippen molar-refractivity contribution in [3.05, 3.63) is 50.9 Å². The number of hydrogen-bond acceptors (Lipinski definition) is 3. The normalized spacial score (nSPS) is 10.8. The van der Waals surface area contributed by atoms with Crippen molar-refractivity contribution in [3.63, 3.8) is 0 Å². The number of hydrogen-bond donors (Lipinski definition) is 1. The van der Waals surface area contributed by atoms with E-state index in [-0.39, 0.29) is 5.56 Å². The highest BCUT2D eigenvalue weighted by Gasteiger charge is 2.14. The predicted octanol–water partition coefficient (Wildman–Crippen LogP) is 4.75. The maximum absolute atomic E-state index is 11.4. The monoisotopic (exact) mass is 422 g/mol. The van der Waals surface area contributed by atoms with E-state index in [4.69, 9.17) is 4.74 Å². The van der Waals surface area contributed by atoms with Gasteiger partial charge in [-0.05, 0) is 46.5 Å². The van der Waals surface area contributed by atoms with Crippen LogP contribution in [0.25, 0.3) is 21.5 Å². The molecule has 0 saturated carbocycles. The number of fused-ring (bicyclic) bond motifs is 3. The van der Waals surface area contributed by atoms with Gasteiger partial charge in [0.15, 0.2) is 0 Å². The molecule has 3 aromatic carbocycles. The maximum Gasteiger partial charge on any atom is 0.336 e. The third kappa shape index (κ3) is 2.48. The molecule has 0 aliphatic carbocycles. The molecule has 0 spiro atoms. The van der Waals surface area contributed by atoms with Crippen LogP contribution in [-0.4, -0.2) is 17.5 Å². The Morgan fingerprint density at radius 3 is 2.18 bits per heavy atom. The molecule has 0 saturated heterocycles. The van der Waals surface area contributed by atoms with Gasteiger partial charge in [0.2, 0.25) is 0 Å². The van der Waals surface area contributed by atoms with E-state index in [0.717, 1.165) is 20.6 Å². The van der Waals surface area contributed by atoms with E-state index in [2.05, 4.69) is 31.9 Å². The van der Waals surface area contributed by atoms with E-state index < -0.39 is 5.97 Å². The lowest BCUT2D eigenvalue weighted by atomic mass is 9.98. The number of carboxylic acids is 1. The van der Waals surface area contributed by atoms with Crippen LogP contribution >= 0.6 is 31.9 Å². The van der Waals surface area contributed by atoms with E-state index >= 15 is 0 Å². The molecule has 22 heavy (non-hydrogen) atoms. The highest BCUT2D eigenvalue weighted by atomic mass is 79.9. The molecule has 0 heterocycles. The number of carbonyl (C=O) groups excluding carboxylic acids is 1. The highest BCUT2D eigenvalue weighted by Crippen LogP contribution is 2.37. The summed E-state index contributed by atoms with van der Waals surface area (Å²) < 4.78 is 6.42. The Labute approximate surface area is 141 Å². The maximum atomic E-state index is 11.4. The highest BCUT2D eigenvalue weighted by molar-refractivity contribution is 9.10. The van der Waals surface area contributed by atoms with Gasteiger partial charge in [-0.25, -0.2) is 4.79 Å². The van der Waals surface area contributed by atoms with Crippen LogP contribution in [0.2, 0.25) is 0 Å². The van der Waals surface area contributed by atoms with Crippen molar-refractivity contribution >= 4 is 65.8 Å². The van der Waals surface area contributed by atoms with Gasteiger partial charge in [-0.3, -0.25) is 4.79 Å². The van der Waals surface area contributed by atoms with Crippen molar-refractivity contribution in [1.29, 1.82) is 0 Å². The van der Waals surface area contributed by atoms with Gasteiger partial charge < -0.3 is 9.84 Å². The van der Waals surface area contributed by atoms with Crippen molar-refractivity contribution in [2.75, 3.05) is 0 Å². The first-order chi connectivity index (χ1) is 10.5. The smallest absolute Gasteiger partial charge is 0.336 e. The number of ether oxygens (including phenoxy) is 1. The number of carboxylic acid groups (broad SMARTS) is 1. The molecule has 0 aliphatic heterocycles. The molecule has 0 radical (unpaired) electrons. The summed E-state index contributed by atoms with van der Waals surface area (Å²) in [6, 6.07) is 10.5. The summed E-state index contributed by atoms with van der Waals surface area (Å²) in [6.07, 6.45) is 0. The molecule has 0 unspecified atom stereocenters. The third-order valence-corrected chi connectivity index (χ3v) is 4.28. The Morgan fingerprint density at radius 2 is 1.55 bits per heavy atom. The molecule has 6 heteroatoms. The Morgan fingerprint density at radius 1 is 0.955 bits per heavy atom. The van der Waals surface area contributed by atoms with Gasteiger partial charge in [0.25, 0.3) is 6.47 Å². The summed E-state index contributed by atoms with van der Waals surface area (Å²) in [6.45, 7) is 0.370. The van der Waals surface area contributed by atoms with Gasteiger partial charge >= 0.3 is 5.97 Å². The second-order valence-corrected chi connectivity index (χ2v) is 6.46. The fourth-order valence-corrected chi connectivity index (χ4v) is 3.40. The quantitative estimate of drug-likeness (QED) is 0.487. The number of rotatable bonds is 3. The Kier molecular flexibility index (Phi) is 3.88. The van der Waals surface area contributed by atoms with E-state index in [1.54, 1.807) is 24.3 Å². The van der Waals surface area contributed by atoms with Crippen LogP contribution in [0.3, 0.4) is 0 Å². The first kappa shape index (κ1) is 15.0. The number of halogens is 2. The zero-order valence-electron chi connectivity index (χ0n) is 11.0. The minimum absolute atomic E-state index is 0.212. The zero-order chi connectivity index (χ0) is 15.9. The van der Waals surface area contributed by atoms with Crippen LogP contribution < -0.4 is 4.74 Å². The molecule has 0 bridgehead atoms. The van der Waals surface area contributed by atoms with Crippen LogP contribution in [-0.2, 0) is 4.79 Å². The topological polar surface area (TPSA) is 63.6 Å². The molecule has 0 atom stereocenters. The molecule has 0 fully saturated rings. The third-order valence-electron chi connectivity index (χ3n) is 3.36. The van der Waals surface area contributed by atoms with Gasteiger partial charge in [0, 0.05) is 14.3 Å². The van der Waals surface area contributed by atoms with Gasteiger partial charge in [0.1, 0.15) is 5.75 Å². The number of aromatic carboxylic acids is 1. The molecular formula is C16H8Br2O4. The molecular weight excluding hydrogens is 416 g/mol. The molecule has 0 amide bonds. The lowest BCUT2D eigenvalue weighted by Crippen LogP contribution is -1.98. The van der Waals surface area contributed by atoms with Crippen molar-refractivity contribution < 1.29 is 19.4 Å². The number of carbonyl (C=O) groups is 2. The van der Waals surface area contributed by atoms with Crippen molar-refractivity contribution in [2.24, 2.45) is 0 Å². The molecule has 0 aromatic heterocycles. The Balaban J connectivity index is 2.50. The molecule has 3 rings (SSSR count). The lowest BCUT2D eigenvalue weighted by Gasteiger charge is -2.11. The van der Waals surface area contributed by atoms with E-state index in [1.807, 2.05) is 12.1 Å². The van der Waals surface area contributed by atoms with Crippen molar-refractivity contribution in [2.45, 2.75) is 0 Å². The summed E-state index contributed by atoms with van der Waals surface area (Å²) in [5.74, 6) is -0.580. The fourth-order valence-electron chi connectivity index (χ4n) is 2.50. The molecule has 1 N–H and O–H groups in total. The van der Waals surface area contributed by atoms with Crippen molar-refractivity contribution in [3.8, 4) is 5.75 Å². The summed E-state index contributed by atoms with van der Waals surface area (Å²) in [7, 11) is 0. The minimum Gasteiger partial charge on any atom is -0.478 e. The fraction of sp³-hybridized carbons (Fsp3) is 0. The average Bonchev–Trinajstić information content (AvgIpc) is 2.46. The summed E-state index contributed by atoms with van der Waals surface area (Å²) >= 11 is 6.72. The van der Waals surface area contributed by atoms with Gasteiger partial charge in [-0.2, -0.15) is 0 Å². The Hall–Kier alpha value is -1.92. The SMILES string of the molecule is O=COc1cc(Br)cc2c1ccc1c(C(=O)O)cc(Br)cc12. The first-order valence-corrected chi connectivity index (χ1v) is 7.79. The van der Waals surface area contributed by atoms with Crippen LogP contribution in [0.5, 0.6) is 5.75 Å². The summed E-state index contributed by atoms with van der Waals surface area (Å²) in [5, 5.41) is 12.3. The van der Waals surface area contributed by atoms with E-state index in [0.29, 0.717) is 22.1 Å². The second-order valence-electron chi connectivity index (χ2n) is 4.63. The second kappa shape index (κ2) is 5.70. The van der Waals surface area contributed by atoms with Gasteiger partial charge in [0.05, 0.1) is 5.56 Å². The van der Waals surface area contributed by atoms with Crippen LogP contribution in [0.4, 0.5) is 0 Å². The predicted molar refractivity (Wildman–Crippen MR) is 90.5 cm³/mol. The summed E-state index contributed by atoms with van der Waals surface area (Å²) in [4.78, 5) is 22.1. The zero-order valence-corrected chi connectivity index (χ0v) is 14.1. The van der Waals surface area contributed by atoms with Crippen molar-refractivity contribution in [1.82, 2.24) is 0 Å². The number of benzene rings is 3. The molecule has 0 aliphatic rings. The largest absolute Gasteiger partial charge is 0.478 e. The van der Waals surface area contributed by atoms with Gasteiger partial charge in [-0.1, -0.05) is 37.9 Å².